The smallest absolute Gasteiger partial charge is 0.309 e. The van der Waals surface area contributed by atoms with Gasteiger partial charge >= 0.3 is 11.9 Å². The number of carbonyl (C=O) groups is 2. The molecule has 35 heavy (non-hydrogen) atoms. The summed E-state index contributed by atoms with van der Waals surface area (Å²) in [5, 5.41) is 0. The van der Waals surface area contributed by atoms with E-state index in [1.54, 1.807) is 0 Å². The first-order chi connectivity index (χ1) is 16.9. The lowest BCUT2D eigenvalue weighted by Gasteiger charge is -2.21. The van der Waals surface area contributed by atoms with E-state index in [1.165, 1.54) is 6.66 Å². The van der Waals surface area contributed by atoms with E-state index in [9.17, 15) is 14.2 Å². The second-order valence-corrected chi connectivity index (χ2v) is 11.1. The number of carbonyl (C=O) groups excluding carboxylic acids is 2. The molecule has 0 bridgehead atoms. The molecule has 7 heteroatoms. The van der Waals surface area contributed by atoms with Crippen molar-refractivity contribution in [1.29, 1.82) is 0 Å². The van der Waals surface area contributed by atoms with Crippen LogP contribution in [0.1, 0.15) is 29.5 Å². The molecule has 2 atom stereocenters. The average molecular weight is 495 g/mol. The first-order valence-electron chi connectivity index (χ1n) is 11.6. The molecule has 3 rings (SSSR count). The zero-order valence-corrected chi connectivity index (χ0v) is 20.8. The number of ether oxygens (including phenoxy) is 2. The molecule has 6 nitrogen and oxygen atoms in total. The largest absolute Gasteiger partial charge is 0.461 e. The second kappa shape index (κ2) is 13.6. The predicted octanol–water partition coefficient (Wildman–Crippen LogP) is 5.99. The number of hydrogen-bond donors (Lipinski definition) is 0. The Balaban J connectivity index is 1.58. The van der Waals surface area contributed by atoms with Gasteiger partial charge in [-0.3, -0.25) is 14.2 Å². The standard InChI is InChI=1S/C28H31O6P/c1-35(31,34-21-25-15-9-4-10-16-25)22-26(28(30)33-20-24-13-7-3-8-14-24)17-18-27(29)32-19-23-11-5-2-6-12-23/h2-16,26H,17-22H2,1H3. The van der Waals surface area contributed by atoms with Crippen molar-refractivity contribution in [3.05, 3.63) is 108 Å². The Morgan fingerprint density at radius 2 is 1.17 bits per heavy atom. The molecule has 184 valence electrons. The van der Waals surface area contributed by atoms with Crippen molar-refractivity contribution in [3.8, 4) is 0 Å². The molecule has 0 aliphatic heterocycles. The summed E-state index contributed by atoms with van der Waals surface area (Å²) in [4.78, 5) is 25.2. The van der Waals surface area contributed by atoms with Crippen LogP contribution in [0, 0.1) is 5.92 Å². The molecule has 0 aliphatic carbocycles. The van der Waals surface area contributed by atoms with Gasteiger partial charge in [0.05, 0.1) is 12.5 Å². The average Bonchev–Trinajstić information content (AvgIpc) is 2.89. The van der Waals surface area contributed by atoms with E-state index in [-0.39, 0.29) is 38.8 Å². The Labute approximate surface area is 206 Å². The summed E-state index contributed by atoms with van der Waals surface area (Å²) in [6.45, 7) is 1.96. The third-order valence-corrected chi connectivity index (χ3v) is 7.18. The van der Waals surface area contributed by atoms with Crippen LogP contribution in [0.25, 0.3) is 0 Å². The molecule has 0 N–H and O–H groups in total. The molecule has 0 spiro atoms. The lowest BCUT2D eigenvalue weighted by molar-refractivity contribution is -0.150. The van der Waals surface area contributed by atoms with Gasteiger partial charge in [0.25, 0.3) is 0 Å². The van der Waals surface area contributed by atoms with Crippen LogP contribution in [0.4, 0.5) is 0 Å². The molecular weight excluding hydrogens is 463 g/mol. The van der Waals surface area contributed by atoms with E-state index in [1.807, 2.05) is 91.0 Å². The van der Waals surface area contributed by atoms with Crippen LogP contribution in [0.2, 0.25) is 0 Å². The van der Waals surface area contributed by atoms with Crippen molar-refractivity contribution in [1.82, 2.24) is 0 Å². The minimum atomic E-state index is -3.14. The quantitative estimate of drug-likeness (QED) is 0.214. The van der Waals surface area contributed by atoms with Crippen LogP contribution in [-0.4, -0.2) is 24.8 Å². The maximum Gasteiger partial charge on any atom is 0.309 e. The van der Waals surface area contributed by atoms with Crippen molar-refractivity contribution in [3.63, 3.8) is 0 Å². The Morgan fingerprint density at radius 1 is 0.714 bits per heavy atom. The molecule has 3 aromatic carbocycles. The maximum atomic E-state index is 13.2. The fraction of sp³-hybridized carbons (Fsp3) is 0.286. The van der Waals surface area contributed by atoms with Gasteiger partial charge in [-0.1, -0.05) is 91.0 Å². The fourth-order valence-electron chi connectivity index (χ4n) is 3.47. The lowest BCUT2D eigenvalue weighted by atomic mass is 10.1. The van der Waals surface area contributed by atoms with Gasteiger partial charge in [-0.25, -0.2) is 0 Å². The number of rotatable bonds is 13. The first-order valence-corrected chi connectivity index (χ1v) is 13.8. The van der Waals surface area contributed by atoms with Crippen LogP contribution in [0.15, 0.2) is 91.0 Å². The van der Waals surface area contributed by atoms with Crippen molar-refractivity contribution >= 4 is 19.3 Å². The summed E-state index contributed by atoms with van der Waals surface area (Å²) in [5.41, 5.74) is 2.62. The van der Waals surface area contributed by atoms with Crippen molar-refractivity contribution in [2.75, 3.05) is 12.8 Å². The topological polar surface area (TPSA) is 78.9 Å². The second-order valence-electron chi connectivity index (χ2n) is 8.43. The molecule has 2 unspecified atom stereocenters. The third-order valence-electron chi connectivity index (χ3n) is 5.40. The monoisotopic (exact) mass is 494 g/mol. The highest BCUT2D eigenvalue weighted by Crippen LogP contribution is 2.46. The summed E-state index contributed by atoms with van der Waals surface area (Å²) >= 11 is 0. The molecule has 0 saturated carbocycles. The van der Waals surface area contributed by atoms with Crippen LogP contribution >= 0.6 is 7.37 Å². The van der Waals surface area contributed by atoms with Gasteiger partial charge in [0.15, 0.2) is 0 Å². The van der Waals surface area contributed by atoms with E-state index in [4.69, 9.17) is 14.0 Å². The van der Waals surface area contributed by atoms with Gasteiger partial charge in [-0.15, -0.1) is 0 Å². The van der Waals surface area contributed by atoms with Gasteiger partial charge < -0.3 is 14.0 Å². The van der Waals surface area contributed by atoms with Crippen molar-refractivity contribution in [2.45, 2.75) is 32.7 Å². The van der Waals surface area contributed by atoms with E-state index in [2.05, 4.69) is 0 Å². The third kappa shape index (κ3) is 9.89. The Bertz CT molecular complexity index is 1100. The number of esters is 2. The van der Waals surface area contributed by atoms with Crippen molar-refractivity contribution < 1.29 is 28.2 Å². The number of hydrogen-bond acceptors (Lipinski definition) is 6. The minimum Gasteiger partial charge on any atom is -0.461 e. The molecule has 0 amide bonds. The summed E-state index contributed by atoms with van der Waals surface area (Å²) in [6, 6.07) is 28.1. The Hall–Kier alpha value is -3.21. The summed E-state index contributed by atoms with van der Waals surface area (Å²) in [6.07, 6.45) is 0.157. The molecule has 0 fully saturated rings. The highest BCUT2D eigenvalue weighted by molar-refractivity contribution is 7.58. The summed E-state index contributed by atoms with van der Waals surface area (Å²) in [7, 11) is -3.14. The lowest BCUT2D eigenvalue weighted by Crippen LogP contribution is -2.23. The molecule has 0 saturated heterocycles. The van der Waals surface area contributed by atoms with E-state index in [0.717, 1.165) is 16.7 Å². The SMILES string of the molecule is CP(=O)(CC(CCC(=O)OCc1ccccc1)C(=O)OCc1ccccc1)OCc1ccccc1. The van der Waals surface area contributed by atoms with Gasteiger partial charge in [0, 0.05) is 19.2 Å². The van der Waals surface area contributed by atoms with Crippen molar-refractivity contribution in [2.24, 2.45) is 5.92 Å². The molecule has 0 aliphatic rings. The first kappa shape index (κ1) is 26.4. The predicted molar refractivity (Wildman–Crippen MR) is 135 cm³/mol. The van der Waals surface area contributed by atoms with E-state index in [0.29, 0.717) is 0 Å². The Morgan fingerprint density at radius 3 is 1.69 bits per heavy atom. The molecular formula is C28H31O6P. The van der Waals surface area contributed by atoms with Gasteiger partial charge in [-0.2, -0.15) is 0 Å². The fourth-order valence-corrected chi connectivity index (χ4v) is 5.13. The molecule has 0 heterocycles. The summed E-state index contributed by atoms with van der Waals surface area (Å²) in [5.74, 6) is -1.68. The van der Waals surface area contributed by atoms with E-state index >= 15 is 0 Å². The van der Waals surface area contributed by atoms with Crippen LogP contribution in [0.5, 0.6) is 0 Å². The molecule has 0 aromatic heterocycles. The van der Waals surface area contributed by atoms with E-state index < -0.39 is 25.2 Å². The maximum absolute atomic E-state index is 13.2. The van der Waals surface area contributed by atoms with Gasteiger partial charge in [0.2, 0.25) is 7.37 Å². The molecule has 0 radical (unpaired) electrons. The Kier molecular flexibility index (Phi) is 10.3. The molecule has 3 aromatic rings. The minimum absolute atomic E-state index is 0.0105. The van der Waals surface area contributed by atoms with Gasteiger partial charge in [-0.05, 0) is 23.1 Å². The van der Waals surface area contributed by atoms with Crippen LogP contribution < -0.4 is 0 Å². The number of benzene rings is 3. The normalized spacial score (nSPS) is 13.4. The zero-order valence-electron chi connectivity index (χ0n) is 19.9. The van der Waals surface area contributed by atoms with Crippen LogP contribution in [0.3, 0.4) is 0 Å². The summed E-state index contributed by atoms with van der Waals surface area (Å²) < 4.78 is 29.7. The highest BCUT2D eigenvalue weighted by atomic mass is 31.2. The zero-order chi connectivity index (χ0) is 24.9. The van der Waals surface area contributed by atoms with Gasteiger partial charge in [0.1, 0.15) is 13.2 Å². The highest BCUT2D eigenvalue weighted by Gasteiger charge is 2.30. The van der Waals surface area contributed by atoms with Crippen LogP contribution in [-0.2, 0) is 48.0 Å².